The number of carboxylic acids is 1. The number of carbonyl (C=O) groups is 1. The molecule has 29 heavy (non-hydrogen) atoms. The number of carboxylic acid groups (broad SMARTS) is 1. The van der Waals surface area contributed by atoms with Crippen LogP contribution in [-0.4, -0.2) is 26.1 Å². The Balaban J connectivity index is 2.19. The van der Waals surface area contributed by atoms with E-state index in [9.17, 15) is 22.0 Å². The minimum atomic E-state index is -4.18. The van der Waals surface area contributed by atoms with Gasteiger partial charge in [-0.25, -0.2) is 22.0 Å². The molecule has 150 valence electrons. The average Bonchev–Trinajstić information content (AvgIpc) is 2.67. The van der Waals surface area contributed by atoms with E-state index in [0.29, 0.717) is 0 Å². The molecule has 0 fully saturated rings. The number of sulfone groups is 1. The second kappa shape index (κ2) is 8.18. The molecule has 3 aromatic carbocycles. The first-order valence-electron chi connectivity index (χ1n) is 8.14. The molecule has 0 saturated carbocycles. The molecule has 0 aliphatic rings. The van der Waals surface area contributed by atoms with Crippen LogP contribution in [0, 0.1) is 11.6 Å². The molecule has 0 radical (unpaired) electrons. The molecule has 0 aliphatic carbocycles. The lowest BCUT2D eigenvalue weighted by Gasteiger charge is -2.15. The van der Waals surface area contributed by atoms with Gasteiger partial charge in [0.25, 0.3) is 0 Å². The minimum absolute atomic E-state index is 0.0560. The second-order valence-electron chi connectivity index (χ2n) is 5.90. The Labute approximate surface area is 170 Å². The molecule has 0 amide bonds. The van der Waals surface area contributed by atoms with Gasteiger partial charge in [-0.3, -0.25) is 0 Å². The molecule has 0 bridgehead atoms. The SMILES string of the molecule is O=C(O)COc1cc(S(=O)(=O)c2ccc(F)cc2)c(Cl)cc1-c1ccccc1F. The number of halogens is 3. The summed E-state index contributed by atoms with van der Waals surface area (Å²) in [4.78, 5) is 10.3. The van der Waals surface area contributed by atoms with E-state index in [-0.39, 0.29) is 31.7 Å². The van der Waals surface area contributed by atoms with E-state index >= 15 is 0 Å². The van der Waals surface area contributed by atoms with E-state index < -0.39 is 34.0 Å². The molecule has 5 nitrogen and oxygen atoms in total. The van der Waals surface area contributed by atoms with Gasteiger partial charge < -0.3 is 9.84 Å². The molecule has 0 heterocycles. The summed E-state index contributed by atoms with van der Waals surface area (Å²) in [7, 11) is -4.18. The number of ether oxygens (including phenoxy) is 1. The molecular formula is C20H13ClF2O5S. The summed E-state index contributed by atoms with van der Waals surface area (Å²) in [5, 5.41) is 8.67. The minimum Gasteiger partial charge on any atom is -0.481 e. The predicted octanol–water partition coefficient (Wildman–Crippen LogP) is 4.58. The van der Waals surface area contributed by atoms with Crippen LogP contribution in [0.1, 0.15) is 0 Å². The first-order valence-corrected chi connectivity index (χ1v) is 10.00. The molecule has 3 rings (SSSR count). The molecule has 0 spiro atoms. The van der Waals surface area contributed by atoms with Crippen LogP contribution in [0.2, 0.25) is 5.02 Å². The highest BCUT2D eigenvalue weighted by Crippen LogP contribution is 2.39. The summed E-state index contributed by atoms with van der Waals surface area (Å²) in [5.41, 5.74) is 0.146. The maximum atomic E-state index is 14.3. The quantitative estimate of drug-likeness (QED) is 0.570. The van der Waals surface area contributed by atoms with Gasteiger partial charge >= 0.3 is 5.97 Å². The third-order valence-electron chi connectivity index (χ3n) is 3.96. The van der Waals surface area contributed by atoms with Crippen LogP contribution in [0.25, 0.3) is 11.1 Å². The van der Waals surface area contributed by atoms with Gasteiger partial charge in [-0.2, -0.15) is 0 Å². The van der Waals surface area contributed by atoms with Crippen molar-refractivity contribution in [3.8, 4) is 16.9 Å². The number of hydrogen-bond donors (Lipinski definition) is 1. The summed E-state index contributed by atoms with van der Waals surface area (Å²) in [6.07, 6.45) is 0. The zero-order valence-electron chi connectivity index (χ0n) is 14.6. The van der Waals surface area contributed by atoms with Gasteiger partial charge in [0.2, 0.25) is 9.84 Å². The van der Waals surface area contributed by atoms with Crippen molar-refractivity contribution in [1.82, 2.24) is 0 Å². The van der Waals surface area contributed by atoms with Crippen molar-refractivity contribution in [2.75, 3.05) is 6.61 Å². The van der Waals surface area contributed by atoms with Crippen LogP contribution in [-0.2, 0) is 14.6 Å². The fraction of sp³-hybridized carbons (Fsp3) is 0.0500. The Bertz CT molecular complexity index is 1180. The van der Waals surface area contributed by atoms with Gasteiger partial charge in [-0.15, -0.1) is 0 Å². The predicted molar refractivity (Wildman–Crippen MR) is 102 cm³/mol. The highest BCUT2D eigenvalue weighted by atomic mass is 35.5. The summed E-state index contributed by atoms with van der Waals surface area (Å²) < 4.78 is 58.4. The maximum absolute atomic E-state index is 14.3. The number of hydrogen-bond acceptors (Lipinski definition) is 4. The molecule has 0 aliphatic heterocycles. The van der Waals surface area contributed by atoms with Crippen LogP contribution in [0.3, 0.4) is 0 Å². The van der Waals surface area contributed by atoms with E-state index in [1.807, 2.05) is 0 Å². The van der Waals surface area contributed by atoms with Gasteiger partial charge in [-0.1, -0.05) is 29.8 Å². The largest absolute Gasteiger partial charge is 0.481 e. The first kappa shape index (κ1) is 20.8. The molecule has 3 aromatic rings. The standard InChI is InChI=1S/C20H13ClF2O5S/c21-16-9-15(14-3-1-2-4-17(14)23)18(28-11-20(24)25)10-19(16)29(26,27)13-7-5-12(22)6-8-13/h1-10H,11H2,(H,24,25). The Morgan fingerprint density at radius 1 is 1.00 bits per heavy atom. The van der Waals surface area contributed by atoms with E-state index in [4.69, 9.17) is 21.4 Å². The van der Waals surface area contributed by atoms with Gasteiger partial charge in [0.15, 0.2) is 6.61 Å². The lowest BCUT2D eigenvalue weighted by Crippen LogP contribution is -2.11. The third kappa shape index (κ3) is 4.38. The Morgan fingerprint density at radius 2 is 1.66 bits per heavy atom. The van der Waals surface area contributed by atoms with Crippen LogP contribution in [0.4, 0.5) is 8.78 Å². The van der Waals surface area contributed by atoms with Crippen molar-refractivity contribution in [3.05, 3.63) is 77.3 Å². The average molecular weight is 439 g/mol. The van der Waals surface area contributed by atoms with Gasteiger partial charge in [0.05, 0.1) is 14.8 Å². The van der Waals surface area contributed by atoms with Gasteiger partial charge in [-0.05, 0) is 36.4 Å². The lowest BCUT2D eigenvalue weighted by molar-refractivity contribution is -0.139. The monoisotopic (exact) mass is 438 g/mol. The van der Waals surface area contributed by atoms with Crippen molar-refractivity contribution >= 4 is 27.4 Å². The number of benzene rings is 3. The lowest BCUT2D eigenvalue weighted by atomic mass is 10.0. The molecule has 0 atom stereocenters. The van der Waals surface area contributed by atoms with Gasteiger partial charge in [0, 0.05) is 17.2 Å². The number of aliphatic carboxylic acids is 1. The molecule has 0 saturated heterocycles. The topological polar surface area (TPSA) is 80.7 Å². The van der Waals surface area contributed by atoms with E-state index in [0.717, 1.165) is 30.3 Å². The maximum Gasteiger partial charge on any atom is 0.341 e. The van der Waals surface area contributed by atoms with Crippen LogP contribution >= 0.6 is 11.6 Å². The highest BCUT2D eigenvalue weighted by Gasteiger charge is 2.25. The Kier molecular flexibility index (Phi) is 5.86. The van der Waals surface area contributed by atoms with Crippen LogP contribution < -0.4 is 4.74 Å². The molecule has 0 unspecified atom stereocenters. The van der Waals surface area contributed by atoms with Crippen molar-refractivity contribution < 1.29 is 31.8 Å². The summed E-state index contributed by atoms with van der Waals surface area (Å²) >= 11 is 6.18. The zero-order valence-corrected chi connectivity index (χ0v) is 16.2. The molecule has 9 heteroatoms. The van der Waals surface area contributed by atoms with Gasteiger partial charge in [0.1, 0.15) is 17.4 Å². The normalized spacial score (nSPS) is 11.3. The number of rotatable bonds is 6. The van der Waals surface area contributed by atoms with Crippen molar-refractivity contribution in [1.29, 1.82) is 0 Å². The van der Waals surface area contributed by atoms with Crippen molar-refractivity contribution in [2.24, 2.45) is 0 Å². The van der Waals surface area contributed by atoms with E-state index in [2.05, 4.69) is 0 Å². The molecule has 0 aromatic heterocycles. The molecule has 1 N–H and O–H groups in total. The molecular weight excluding hydrogens is 426 g/mol. The first-order chi connectivity index (χ1) is 13.7. The smallest absolute Gasteiger partial charge is 0.341 e. The van der Waals surface area contributed by atoms with Crippen molar-refractivity contribution in [2.45, 2.75) is 9.79 Å². The fourth-order valence-corrected chi connectivity index (χ4v) is 4.42. The zero-order chi connectivity index (χ0) is 21.2. The van der Waals surface area contributed by atoms with E-state index in [1.54, 1.807) is 6.07 Å². The summed E-state index contributed by atoms with van der Waals surface area (Å²) in [5.74, 6) is -2.72. The third-order valence-corrected chi connectivity index (χ3v) is 6.20. The van der Waals surface area contributed by atoms with Crippen molar-refractivity contribution in [3.63, 3.8) is 0 Å². The van der Waals surface area contributed by atoms with Crippen LogP contribution in [0.5, 0.6) is 5.75 Å². The highest BCUT2D eigenvalue weighted by molar-refractivity contribution is 7.91. The Morgan fingerprint density at radius 3 is 2.28 bits per heavy atom. The van der Waals surface area contributed by atoms with Crippen LogP contribution in [0.15, 0.2) is 70.5 Å². The fourth-order valence-electron chi connectivity index (χ4n) is 2.63. The Hall–Kier alpha value is -2.97. The van der Waals surface area contributed by atoms with E-state index in [1.165, 1.54) is 24.3 Å². The second-order valence-corrected chi connectivity index (χ2v) is 8.22. The summed E-state index contributed by atoms with van der Waals surface area (Å²) in [6.45, 7) is -0.779. The summed E-state index contributed by atoms with van der Waals surface area (Å²) in [6, 6.07) is 12.0.